The Bertz CT molecular complexity index is 1540. The average Bonchev–Trinajstić information content (AvgIpc) is 2.89. The largest absolute Gasteiger partial charge is 0.417 e. The normalized spacial score (nSPS) is 15.2. The minimum Gasteiger partial charge on any atom is -0.355 e. The molecule has 0 saturated heterocycles. The van der Waals surface area contributed by atoms with Gasteiger partial charge in [0, 0.05) is 35.8 Å². The molecular weight excluding hydrogens is 554 g/mol. The third kappa shape index (κ3) is 5.53. The molecule has 1 aromatic heterocycles. The first kappa shape index (κ1) is 29.1. The van der Waals surface area contributed by atoms with E-state index >= 15 is 0 Å². The van der Waals surface area contributed by atoms with Crippen LogP contribution < -0.4 is 16.2 Å². The van der Waals surface area contributed by atoms with Gasteiger partial charge in [0.2, 0.25) is 5.95 Å². The molecule has 2 N–H and O–H groups in total. The highest BCUT2D eigenvalue weighted by Crippen LogP contribution is 2.37. The van der Waals surface area contributed by atoms with Crippen molar-refractivity contribution in [2.24, 2.45) is 0 Å². The lowest BCUT2D eigenvalue weighted by atomic mass is 9.98. The summed E-state index contributed by atoms with van der Waals surface area (Å²) in [4.78, 5) is 44.8. The number of hydrogen-bond acceptors (Lipinski definition) is 5. The van der Waals surface area contributed by atoms with Crippen LogP contribution in [0.15, 0.2) is 41.2 Å². The number of amides is 2. The first-order chi connectivity index (χ1) is 18.7. The van der Waals surface area contributed by atoms with Gasteiger partial charge >= 0.3 is 6.18 Å². The van der Waals surface area contributed by atoms with Crippen LogP contribution in [-0.4, -0.2) is 45.4 Å². The molecule has 40 heavy (non-hydrogen) atoms. The number of alkyl halides is 3. The molecule has 0 fully saturated rings. The van der Waals surface area contributed by atoms with Crippen molar-refractivity contribution in [1.29, 1.82) is 0 Å². The van der Waals surface area contributed by atoms with Crippen molar-refractivity contribution in [2.75, 3.05) is 12.4 Å². The number of halogens is 5. The number of fused-ring (bicyclic) bond motifs is 1. The van der Waals surface area contributed by atoms with E-state index in [1.54, 1.807) is 31.2 Å². The average molecular weight is 580 g/mol. The lowest BCUT2D eigenvalue weighted by Crippen LogP contribution is -2.46. The van der Waals surface area contributed by atoms with E-state index in [1.165, 1.54) is 16.5 Å². The Morgan fingerprint density at radius 3 is 2.35 bits per heavy atom. The fraction of sp³-hybridized carbons (Fsp3) is 0.333. The van der Waals surface area contributed by atoms with Crippen LogP contribution in [0.5, 0.6) is 0 Å². The molecule has 1 aliphatic rings. The summed E-state index contributed by atoms with van der Waals surface area (Å²) in [6.45, 7) is 5.14. The van der Waals surface area contributed by atoms with Crippen LogP contribution in [-0.2, 0) is 19.1 Å². The molecule has 4 rings (SSSR count). The lowest BCUT2D eigenvalue weighted by Gasteiger charge is -2.35. The minimum atomic E-state index is -4.96. The van der Waals surface area contributed by atoms with Crippen molar-refractivity contribution < 1.29 is 27.2 Å². The third-order valence-corrected chi connectivity index (χ3v) is 6.87. The van der Waals surface area contributed by atoms with Crippen LogP contribution in [0.2, 0.25) is 5.02 Å². The maximum Gasteiger partial charge on any atom is 0.417 e. The highest BCUT2D eigenvalue weighted by atomic mass is 35.5. The molecular formula is C27H26ClF4N5O3. The van der Waals surface area contributed by atoms with Gasteiger partial charge in [-0.2, -0.15) is 13.2 Å². The minimum absolute atomic E-state index is 0.0629. The summed E-state index contributed by atoms with van der Waals surface area (Å²) in [6, 6.07) is 6.81. The standard InChI is InChI=1S/C27H26ClF4N5O3/c1-13(2)34-26-35-21-12-36(24(39)16-10-19(27(30,31)32)22(28)20(29)11-16)14(3)9-18(21)25(40)37(26)17-7-5-15(6-8-17)23(38)33-4/h5-8,10-11,13-14H,9,12H2,1-4H3,(H,33,38)(H,34,35)/t14-/m1/s1. The van der Waals surface area contributed by atoms with E-state index in [1.807, 2.05) is 13.8 Å². The monoisotopic (exact) mass is 579 g/mol. The molecule has 212 valence electrons. The Hall–Kier alpha value is -3.93. The molecule has 0 radical (unpaired) electrons. The zero-order valence-electron chi connectivity index (χ0n) is 22.0. The predicted molar refractivity (Wildman–Crippen MR) is 141 cm³/mol. The number of carbonyl (C=O) groups is 2. The van der Waals surface area contributed by atoms with E-state index in [-0.39, 0.29) is 36.6 Å². The summed E-state index contributed by atoms with van der Waals surface area (Å²) in [7, 11) is 1.51. The smallest absolute Gasteiger partial charge is 0.355 e. The molecule has 8 nitrogen and oxygen atoms in total. The van der Waals surface area contributed by atoms with Crippen LogP contribution in [0.1, 0.15) is 58.3 Å². The zero-order valence-corrected chi connectivity index (χ0v) is 22.7. The van der Waals surface area contributed by atoms with E-state index in [0.717, 1.165) is 0 Å². The summed E-state index contributed by atoms with van der Waals surface area (Å²) in [5.41, 5.74) is -0.902. The lowest BCUT2D eigenvalue weighted by molar-refractivity contribution is -0.137. The molecule has 0 bridgehead atoms. The summed E-state index contributed by atoms with van der Waals surface area (Å²) in [6.07, 6.45) is -4.90. The Labute approximate surface area is 232 Å². The summed E-state index contributed by atoms with van der Waals surface area (Å²) in [5.74, 6) is -2.32. The molecule has 1 atom stereocenters. The van der Waals surface area contributed by atoms with E-state index in [2.05, 4.69) is 15.6 Å². The van der Waals surface area contributed by atoms with Gasteiger partial charge < -0.3 is 15.5 Å². The molecule has 0 spiro atoms. The fourth-order valence-electron chi connectivity index (χ4n) is 4.52. The van der Waals surface area contributed by atoms with Gasteiger partial charge in [0.1, 0.15) is 5.82 Å². The molecule has 1 aliphatic heterocycles. The van der Waals surface area contributed by atoms with Gasteiger partial charge in [0.25, 0.3) is 17.4 Å². The molecule has 0 unspecified atom stereocenters. The third-order valence-electron chi connectivity index (χ3n) is 6.49. The molecule has 3 aromatic rings. The van der Waals surface area contributed by atoms with E-state index in [4.69, 9.17) is 11.6 Å². The molecule has 0 saturated carbocycles. The van der Waals surface area contributed by atoms with Gasteiger partial charge in [0.05, 0.1) is 28.5 Å². The van der Waals surface area contributed by atoms with Crippen molar-refractivity contribution in [2.45, 2.75) is 52.0 Å². The second-order valence-electron chi connectivity index (χ2n) is 9.73. The molecule has 0 aliphatic carbocycles. The summed E-state index contributed by atoms with van der Waals surface area (Å²) < 4.78 is 55.8. The second-order valence-corrected chi connectivity index (χ2v) is 10.1. The Kier molecular flexibility index (Phi) is 7.93. The summed E-state index contributed by atoms with van der Waals surface area (Å²) >= 11 is 5.52. The second kappa shape index (κ2) is 10.9. The Balaban J connectivity index is 1.76. The van der Waals surface area contributed by atoms with Crippen LogP contribution in [0.4, 0.5) is 23.5 Å². The predicted octanol–water partition coefficient (Wildman–Crippen LogP) is 4.81. The van der Waals surface area contributed by atoms with Gasteiger partial charge in [-0.1, -0.05) is 11.6 Å². The highest BCUT2D eigenvalue weighted by molar-refractivity contribution is 6.31. The van der Waals surface area contributed by atoms with Gasteiger partial charge in [-0.05, 0) is 63.6 Å². The molecule has 2 heterocycles. The maximum absolute atomic E-state index is 14.3. The van der Waals surface area contributed by atoms with Crippen LogP contribution in [0.3, 0.4) is 0 Å². The fourth-order valence-corrected chi connectivity index (χ4v) is 4.73. The highest BCUT2D eigenvalue weighted by Gasteiger charge is 2.37. The van der Waals surface area contributed by atoms with Crippen molar-refractivity contribution in [3.8, 4) is 5.69 Å². The number of benzene rings is 2. The number of nitrogens with zero attached hydrogens (tertiary/aromatic N) is 3. The van der Waals surface area contributed by atoms with Gasteiger partial charge in [-0.25, -0.2) is 13.9 Å². The first-order valence-electron chi connectivity index (χ1n) is 12.3. The molecule has 2 amide bonds. The number of carbonyl (C=O) groups excluding carboxylic acids is 2. The number of aromatic nitrogens is 2. The molecule has 2 aromatic carbocycles. The van der Waals surface area contributed by atoms with Gasteiger partial charge in [-0.3, -0.25) is 14.4 Å². The topological polar surface area (TPSA) is 96.3 Å². The van der Waals surface area contributed by atoms with E-state index in [0.29, 0.717) is 28.9 Å². The van der Waals surface area contributed by atoms with E-state index in [9.17, 15) is 31.9 Å². The van der Waals surface area contributed by atoms with Crippen molar-refractivity contribution in [3.05, 3.63) is 85.5 Å². The SMILES string of the molecule is CNC(=O)c1ccc(-n2c(NC(C)C)nc3c(c2=O)C[C@@H](C)N(C(=O)c2cc(F)c(Cl)c(C(F)(F)F)c2)C3)cc1. The molecule has 13 heteroatoms. The number of anilines is 1. The first-order valence-corrected chi connectivity index (χ1v) is 12.7. The van der Waals surface area contributed by atoms with Crippen LogP contribution in [0.25, 0.3) is 5.69 Å². The van der Waals surface area contributed by atoms with Crippen molar-refractivity contribution in [3.63, 3.8) is 0 Å². The number of nitrogens with one attached hydrogen (secondary N) is 2. The number of rotatable bonds is 5. The zero-order chi connectivity index (χ0) is 29.5. The number of hydrogen-bond donors (Lipinski definition) is 2. The Morgan fingerprint density at radius 2 is 1.77 bits per heavy atom. The summed E-state index contributed by atoms with van der Waals surface area (Å²) in [5, 5.41) is 4.53. The quantitative estimate of drug-likeness (QED) is 0.423. The van der Waals surface area contributed by atoms with Crippen molar-refractivity contribution in [1.82, 2.24) is 19.8 Å². The van der Waals surface area contributed by atoms with Crippen LogP contribution >= 0.6 is 11.6 Å². The Morgan fingerprint density at radius 1 is 1.12 bits per heavy atom. The van der Waals surface area contributed by atoms with E-state index < -0.39 is 45.7 Å². The van der Waals surface area contributed by atoms with Crippen molar-refractivity contribution >= 4 is 29.4 Å². The van der Waals surface area contributed by atoms with Gasteiger partial charge in [-0.15, -0.1) is 0 Å². The maximum atomic E-state index is 14.3. The van der Waals surface area contributed by atoms with Gasteiger partial charge in [0.15, 0.2) is 0 Å². The van der Waals surface area contributed by atoms with Crippen LogP contribution in [0, 0.1) is 5.82 Å².